The van der Waals surface area contributed by atoms with Crippen molar-refractivity contribution in [2.75, 3.05) is 0 Å². The van der Waals surface area contributed by atoms with Gasteiger partial charge in [0.25, 0.3) is 0 Å². The van der Waals surface area contributed by atoms with Gasteiger partial charge in [-0.2, -0.15) is 0 Å². The van der Waals surface area contributed by atoms with Crippen molar-refractivity contribution >= 4 is 129 Å². The van der Waals surface area contributed by atoms with Crippen LogP contribution in [0.2, 0.25) is 0 Å². The molecule has 0 unspecified atom stereocenters. The van der Waals surface area contributed by atoms with Gasteiger partial charge in [0.2, 0.25) is 0 Å². The number of hydrogen-bond acceptors (Lipinski definition) is 0. The smallest absolute Gasteiger partial charge is 0.000136 e. The number of hydrogen-bond donors (Lipinski definition) is 0. The highest BCUT2D eigenvalue weighted by Gasteiger charge is 2.33. The van der Waals surface area contributed by atoms with Crippen LogP contribution >= 0.6 is 0 Å². The van der Waals surface area contributed by atoms with Crippen molar-refractivity contribution in [1.29, 1.82) is 0 Å². The van der Waals surface area contributed by atoms with Crippen molar-refractivity contribution in [1.82, 2.24) is 0 Å². The van der Waals surface area contributed by atoms with E-state index in [0.29, 0.717) is 0 Å². The SMILES string of the molecule is c1cc2ccc3cc4c5c(cc6ccc7ccc1c1c2c3c5c6c71)-c1c-4c2ccc3ccc4ccc5ccc6ccc1c1c6c5c4c3c21. The molecule has 0 amide bonds. The number of benzene rings is 14. The lowest BCUT2D eigenvalue weighted by Crippen LogP contribution is -1.94. The molecule has 0 nitrogen and oxygen atoms in total. The molecule has 48 heavy (non-hydrogen) atoms. The fourth-order valence-electron chi connectivity index (χ4n) is 11.1. The first-order chi connectivity index (χ1) is 23.8. The van der Waals surface area contributed by atoms with Gasteiger partial charge in [0, 0.05) is 0 Å². The van der Waals surface area contributed by atoms with E-state index in [4.69, 9.17) is 0 Å². The van der Waals surface area contributed by atoms with Crippen LogP contribution in [0, 0.1) is 0 Å². The van der Waals surface area contributed by atoms with Gasteiger partial charge in [0.05, 0.1) is 0 Å². The van der Waals surface area contributed by atoms with E-state index in [-0.39, 0.29) is 0 Å². The normalized spacial score (nSPS) is 13.8. The van der Waals surface area contributed by atoms with E-state index < -0.39 is 0 Å². The Balaban J connectivity index is 1.30. The second-order valence-corrected chi connectivity index (χ2v) is 14.7. The van der Waals surface area contributed by atoms with Gasteiger partial charge >= 0.3 is 0 Å². The van der Waals surface area contributed by atoms with Crippen molar-refractivity contribution in [3.63, 3.8) is 0 Å². The van der Waals surface area contributed by atoms with Gasteiger partial charge in [-0.05, 0) is 164 Å². The molecule has 0 aliphatic heterocycles. The first kappa shape index (κ1) is 22.3. The molecule has 0 N–H and O–H groups in total. The van der Waals surface area contributed by atoms with Gasteiger partial charge in [0.1, 0.15) is 0 Å². The Kier molecular flexibility index (Phi) is 3.13. The molecule has 0 bridgehead atoms. The highest BCUT2D eigenvalue weighted by molar-refractivity contribution is 6.51. The standard InChI is InChI=1S/C48H20/c1-5-24-11-13-28-19-32-43-30-17-15-26-9-7-22-3-4-23-8-10-27-16-18-31(47-40(27)36(23)35(22)39(26)46(30)47)44(43)33-20-29-14-12-25-6-2-21(1)34-37(24)41(28)48(45(32)33)42(29)38(25)34/h1-20H. The average molecular weight is 597 g/mol. The van der Waals surface area contributed by atoms with Crippen molar-refractivity contribution in [2.24, 2.45) is 0 Å². The molecule has 14 aromatic rings. The molecule has 0 atom stereocenters. The number of fused-ring (bicyclic) bond motifs is 5. The van der Waals surface area contributed by atoms with Crippen LogP contribution in [0.4, 0.5) is 0 Å². The van der Waals surface area contributed by atoms with Crippen LogP contribution in [0.25, 0.3) is 152 Å². The summed E-state index contributed by atoms with van der Waals surface area (Å²) in [6.07, 6.45) is 0. The Morgan fingerprint density at radius 2 is 0.438 bits per heavy atom. The molecule has 14 aromatic carbocycles. The average Bonchev–Trinajstić information content (AvgIpc) is 3.47. The predicted molar refractivity (Wildman–Crippen MR) is 208 cm³/mol. The van der Waals surface area contributed by atoms with Crippen LogP contribution in [0.3, 0.4) is 0 Å². The summed E-state index contributed by atoms with van der Waals surface area (Å²) in [6, 6.07) is 47.5. The second kappa shape index (κ2) is 6.74. The van der Waals surface area contributed by atoms with E-state index in [1.165, 1.54) is 152 Å². The Hall–Kier alpha value is -6.24. The van der Waals surface area contributed by atoms with Crippen molar-refractivity contribution in [2.45, 2.75) is 0 Å². The molecule has 15 rings (SSSR count). The molecule has 1 aliphatic carbocycles. The summed E-state index contributed by atoms with van der Waals surface area (Å²) < 4.78 is 0. The second-order valence-electron chi connectivity index (χ2n) is 14.7. The molecular formula is C48H20. The third kappa shape index (κ3) is 2.05. The minimum Gasteiger partial charge on any atom is -0.0537 e. The van der Waals surface area contributed by atoms with Crippen LogP contribution in [-0.4, -0.2) is 0 Å². The molecule has 0 radical (unpaired) electrons. The minimum absolute atomic E-state index is 1.34. The molecular weight excluding hydrogens is 577 g/mol. The summed E-state index contributed by atoms with van der Waals surface area (Å²) >= 11 is 0. The summed E-state index contributed by atoms with van der Waals surface area (Å²) in [5.74, 6) is 0. The van der Waals surface area contributed by atoms with Crippen LogP contribution in [0.1, 0.15) is 0 Å². The van der Waals surface area contributed by atoms with Gasteiger partial charge in [-0.15, -0.1) is 0 Å². The fourth-order valence-corrected chi connectivity index (χ4v) is 11.1. The van der Waals surface area contributed by atoms with Crippen molar-refractivity contribution in [3.8, 4) is 22.3 Å². The predicted octanol–water partition coefficient (Wildman–Crippen LogP) is 13.8. The van der Waals surface area contributed by atoms with Crippen molar-refractivity contribution in [3.05, 3.63) is 121 Å². The van der Waals surface area contributed by atoms with Crippen LogP contribution in [0.15, 0.2) is 121 Å². The van der Waals surface area contributed by atoms with E-state index in [1.54, 1.807) is 0 Å². The fraction of sp³-hybridized carbons (Fsp3) is 0. The Morgan fingerprint density at radius 1 is 0.188 bits per heavy atom. The molecule has 0 saturated carbocycles. The monoisotopic (exact) mass is 596 g/mol. The summed E-state index contributed by atoms with van der Waals surface area (Å²) in [4.78, 5) is 0. The van der Waals surface area contributed by atoms with Gasteiger partial charge in [-0.3, -0.25) is 0 Å². The largest absolute Gasteiger partial charge is 0.0537 e. The summed E-state index contributed by atoms with van der Waals surface area (Å²) in [5.41, 5.74) is 5.64. The zero-order valence-electron chi connectivity index (χ0n) is 25.5. The maximum absolute atomic E-state index is 2.54. The van der Waals surface area contributed by atoms with Crippen LogP contribution in [-0.2, 0) is 0 Å². The molecule has 1 aliphatic rings. The van der Waals surface area contributed by atoms with E-state index >= 15 is 0 Å². The third-order valence-electron chi connectivity index (χ3n) is 12.8. The van der Waals surface area contributed by atoms with E-state index in [1.807, 2.05) is 0 Å². The Labute approximate surface area is 272 Å². The highest BCUT2D eigenvalue weighted by atomic mass is 14.4. The van der Waals surface area contributed by atoms with Gasteiger partial charge in [-0.25, -0.2) is 0 Å². The molecule has 0 fully saturated rings. The first-order valence-corrected chi connectivity index (χ1v) is 17.1. The molecule has 0 heteroatoms. The summed E-state index contributed by atoms with van der Waals surface area (Å²) in [7, 11) is 0. The van der Waals surface area contributed by atoms with E-state index in [0.717, 1.165) is 0 Å². The lowest BCUT2D eigenvalue weighted by molar-refractivity contribution is 1.79. The lowest BCUT2D eigenvalue weighted by Gasteiger charge is -2.23. The Morgan fingerprint density at radius 3 is 0.771 bits per heavy atom. The topological polar surface area (TPSA) is 0 Å². The quantitative estimate of drug-likeness (QED) is 0.121. The molecule has 212 valence electrons. The van der Waals surface area contributed by atoms with Crippen LogP contribution < -0.4 is 0 Å². The summed E-state index contributed by atoms with van der Waals surface area (Å²) in [6.45, 7) is 0. The lowest BCUT2D eigenvalue weighted by atomic mass is 9.80. The highest BCUT2D eigenvalue weighted by Crippen LogP contribution is 2.61. The van der Waals surface area contributed by atoms with Crippen LogP contribution in [0.5, 0.6) is 0 Å². The van der Waals surface area contributed by atoms with E-state index in [9.17, 15) is 0 Å². The zero-order chi connectivity index (χ0) is 30.3. The maximum Gasteiger partial charge on any atom is -0.000136 e. The minimum atomic E-state index is 1.34. The van der Waals surface area contributed by atoms with Crippen molar-refractivity contribution < 1.29 is 0 Å². The third-order valence-corrected chi connectivity index (χ3v) is 12.8. The zero-order valence-corrected chi connectivity index (χ0v) is 25.5. The molecule has 0 spiro atoms. The molecule has 0 saturated heterocycles. The van der Waals surface area contributed by atoms with Gasteiger partial charge in [-0.1, -0.05) is 109 Å². The first-order valence-electron chi connectivity index (χ1n) is 17.1. The Bertz CT molecular complexity index is 3510. The number of rotatable bonds is 0. The summed E-state index contributed by atoms with van der Waals surface area (Å²) in [5, 5.41) is 33.5. The molecule has 0 heterocycles. The maximum atomic E-state index is 2.54. The van der Waals surface area contributed by atoms with E-state index in [2.05, 4.69) is 121 Å². The molecule has 0 aromatic heterocycles. The van der Waals surface area contributed by atoms with Gasteiger partial charge < -0.3 is 0 Å². The van der Waals surface area contributed by atoms with Gasteiger partial charge in [0.15, 0.2) is 0 Å².